The molecule has 1 saturated carbocycles. The number of Topliss-reactive ketones (excluding diaryl/α,β-unsaturated/α-hetero) is 1. The van der Waals surface area contributed by atoms with E-state index in [1.54, 1.807) is 13.4 Å². The summed E-state index contributed by atoms with van der Waals surface area (Å²) in [6.07, 6.45) is 5.87. The molecule has 1 aromatic carbocycles. The topological polar surface area (TPSA) is 39.4 Å². The number of allylic oxidation sites excluding steroid dienone is 1. The van der Waals surface area contributed by atoms with Gasteiger partial charge in [-0.1, -0.05) is 18.2 Å². The zero-order chi connectivity index (χ0) is 14.7. The first-order valence-corrected chi connectivity index (χ1v) is 7.18. The van der Waals surface area contributed by atoms with Gasteiger partial charge in [-0.25, -0.2) is 0 Å². The number of ketones is 1. The molecule has 0 amide bonds. The second kappa shape index (κ2) is 6.00. The average molecular weight is 282 g/mol. The number of benzene rings is 1. The summed E-state index contributed by atoms with van der Waals surface area (Å²) in [4.78, 5) is 12.4. The Bertz CT molecular complexity index is 653. The quantitative estimate of drug-likeness (QED) is 0.792. The molecule has 1 unspecified atom stereocenters. The molecule has 1 atom stereocenters. The predicted octanol–water partition coefficient (Wildman–Crippen LogP) is 4.21. The van der Waals surface area contributed by atoms with Crippen LogP contribution in [-0.4, -0.2) is 12.9 Å². The first kappa shape index (κ1) is 13.7. The van der Waals surface area contributed by atoms with Gasteiger partial charge in [0.2, 0.25) is 0 Å². The number of ether oxygens (including phenoxy) is 1. The van der Waals surface area contributed by atoms with E-state index in [2.05, 4.69) is 0 Å². The Morgan fingerprint density at radius 2 is 2.10 bits per heavy atom. The summed E-state index contributed by atoms with van der Waals surface area (Å²) < 4.78 is 10.8. The van der Waals surface area contributed by atoms with Gasteiger partial charge in [0, 0.05) is 17.9 Å². The summed E-state index contributed by atoms with van der Waals surface area (Å²) >= 11 is 0. The summed E-state index contributed by atoms with van der Waals surface area (Å²) in [6.45, 7) is 0. The van der Waals surface area contributed by atoms with E-state index in [9.17, 15) is 4.79 Å². The van der Waals surface area contributed by atoms with Gasteiger partial charge >= 0.3 is 0 Å². The fourth-order valence-electron chi connectivity index (χ4n) is 2.82. The highest BCUT2D eigenvalue weighted by Crippen LogP contribution is 2.35. The van der Waals surface area contributed by atoms with Gasteiger partial charge in [0.15, 0.2) is 5.78 Å². The molecule has 2 aromatic rings. The van der Waals surface area contributed by atoms with Crippen molar-refractivity contribution in [1.29, 1.82) is 0 Å². The monoisotopic (exact) mass is 282 g/mol. The minimum Gasteiger partial charge on any atom is -0.496 e. The smallest absolute Gasteiger partial charge is 0.159 e. The molecule has 0 bridgehead atoms. The number of furan rings is 1. The first-order valence-electron chi connectivity index (χ1n) is 7.18. The van der Waals surface area contributed by atoms with Crippen molar-refractivity contribution >= 4 is 11.9 Å². The normalized spacial score (nSPS) is 20.7. The summed E-state index contributed by atoms with van der Waals surface area (Å²) in [6, 6.07) is 11.6. The molecule has 1 aliphatic carbocycles. The van der Waals surface area contributed by atoms with Crippen LogP contribution in [-0.2, 0) is 4.79 Å². The van der Waals surface area contributed by atoms with E-state index in [4.69, 9.17) is 9.15 Å². The molecule has 3 heteroatoms. The van der Waals surface area contributed by atoms with Gasteiger partial charge in [0.1, 0.15) is 11.5 Å². The van der Waals surface area contributed by atoms with Crippen molar-refractivity contribution in [2.45, 2.75) is 25.2 Å². The Labute approximate surface area is 124 Å². The number of para-hydroxylation sites is 1. The van der Waals surface area contributed by atoms with Crippen LogP contribution in [0.15, 0.2) is 52.7 Å². The SMILES string of the molecule is COc1ccccc1/C=C1/CCC(c2ccco2)CC1=O. The molecular formula is C18H18O3. The lowest BCUT2D eigenvalue weighted by molar-refractivity contribution is -0.116. The lowest BCUT2D eigenvalue weighted by Gasteiger charge is -2.21. The molecule has 1 fully saturated rings. The molecule has 0 radical (unpaired) electrons. The van der Waals surface area contributed by atoms with Crippen LogP contribution in [0.3, 0.4) is 0 Å². The lowest BCUT2D eigenvalue weighted by atomic mass is 9.83. The number of carbonyl (C=O) groups is 1. The Hall–Kier alpha value is -2.29. The molecule has 1 aromatic heterocycles. The van der Waals surface area contributed by atoms with E-state index >= 15 is 0 Å². The number of rotatable bonds is 3. The van der Waals surface area contributed by atoms with Crippen LogP contribution in [0.25, 0.3) is 6.08 Å². The second-order valence-corrected chi connectivity index (χ2v) is 5.29. The molecule has 0 spiro atoms. The van der Waals surface area contributed by atoms with Crippen molar-refractivity contribution in [3.8, 4) is 5.75 Å². The molecule has 1 heterocycles. The molecule has 0 saturated heterocycles. The van der Waals surface area contributed by atoms with E-state index < -0.39 is 0 Å². The molecular weight excluding hydrogens is 264 g/mol. The van der Waals surface area contributed by atoms with Crippen LogP contribution in [0.5, 0.6) is 5.75 Å². The van der Waals surface area contributed by atoms with Gasteiger partial charge in [0.25, 0.3) is 0 Å². The largest absolute Gasteiger partial charge is 0.496 e. The van der Waals surface area contributed by atoms with Crippen LogP contribution < -0.4 is 4.74 Å². The maximum Gasteiger partial charge on any atom is 0.159 e. The fraction of sp³-hybridized carbons (Fsp3) is 0.278. The molecule has 3 rings (SSSR count). The van der Waals surface area contributed by atoms with Crippen LogP contribution in [0.4, 0.5) is 0 Å². The van der Waals surface area contributed by atoms with Crippen molar-refractivity contribution in [1.82, 2.24) is 0 Å². The zero-order valence-corrected chi connectivity index (χ0v) is 12.0. The van der Waals surface area contributed by atoms with Gasteiger partial charge in [-0.05, 0) is 42.7 Å². The molecule has 108 valence electrons. The molecule has 1 aliphatic rings. The average Bonchev–Trinajstić information content (AvgIpc) is 3.04. The van der Waals surface area contributed by atoms with Crippen molar-refractivity contribution in [2.24, 2.45) is 0 Å². The van der Waals surface area contributed by atoms with Gasteiger partial charge in [-0.15, -0.1) is 0 Å². The van der Waals surface area contributed by atoms with Crippen LogP contribution in [0.2, 0.25) is 0 Å². The van der Waals surface area contributed by atoms with Crippen molar-refractivity contribution in [3.05, 3.63) is 59.6 Å². The van der Waals surface area contributed by atoms with Crippen LogP contribution in [0, 0.1) is 0 Å². The van der Waals surface area contributed by atoms with Crippen molar-refractivity contribution in [3.63, 3.8) is 0 Å². The van der Waals surface area contributed by atoms with E-state index in [1.807, 2.05) is 42.5 Å². The number of methoxy groups -OCH3 is 1. The third-order valence-corrected chi connectivity index (χ3v) is 3.97. The van der Waals surface area contributed by atoms with Gasteiger partial charge < -0.3 is 9.15 Å². The predicted molar refractivity (Wildman–Crippen MR) is 81.3 cm³/mol. The van der Waals surface area contributed by atoms with Gasteiger partial charge in [-0.3, -0.25) is 4.79 Å². The Morgan fingerprint density at radius 1 is 1.24 bits per heavy atom. The van der Waals surface area contributed by atoms with E-state index in [0.29, 0.717) is 6.42 Å². The minimum absolute atomic E-state index is 0.202. The first-order chi connectivity index (χ1) is 10.3. The van der Waals surface area contributed by atoms with E-state index in [1.165, 1.54) is 0 Å². The Kier molecular flexibility index (Phi) is 3.91. The van der Waals surface area contributed by atoms with Crippen molar-refractivity contribution < 1.29 is 13.9 Å². The minimum atomic E-state index is 0.202. The standard InChI is InChI=1S/C18H18O3/c1-20-17-6-3-2-5-14(17)11-13-8-9-15(12-16(13)19)18-7-4-10-21-18/h2-7,10-11,15H,8-9,12H2,1H3/b13-11-. The number of hydrogen-bond donors (Lipinski definition) is 0. The summed E-state index contributed by atoms with van der Waals surface area (Å²) in [5.41, 5.74) is 1.84. The van der Waals surface area contributed by atoms with Gasteiger partial charge in [0.05, 0.1) is 13.4 Å². The maximum atomic E-state index is 12.4. The zero-order valence-electron chi connectivity index (χ0n) is 12.0. The molecule has 21 heavy (non-hydrogen) atoms. The highest BCUT2D eigenvalue weighted by atomic mass is 16.5. The highest BCUT2D eigenvalue weighted by molar-refractivity contribution is 6.00. The summed E-state index contributed by atoms with van der Waals surface area (Å²) in [5.74, 6) is 2.13. The van der Waals surface area contributed by atoms with Crippen LogP contribution >= 0.6 is 0 Å². The van der Waals surface area contributed by atoms with Gasteiger partial charge in [-0.2, -0.15) is 0 Å². The molecule has 0 N–H and O–H groups in total. The molecule has 0 aliphatic heterocycles. The van der Waals surface area contributed by atoms with Crippen LogP contribution in [0.1, 0.15) is 36.5 Å². The Morgan fingerprint density at radius 3 is 2.81 bits per heavy atom. The summed E-state index contributed by atoms with van der Waals surface area (Å²) in [5, 5.41) is 0. The second-order valence-electron chi connectivity index (χ2n) is 5.29. The third kappa shape index (κ3) is 2.92. The Balaban J connectivity index is 1.79. The lowest BCUT2D eigenvalue weighted by Crippen LogP contribution is -2.16. The summed E-state index contributed by atoms with van der Waals surface area (Å²) in [7, 11) is 1.65. The number of carbonyl (C=O) groups excluding carboxylic acids is 1. The number of hydrogen-bond acceptors (Lipinski definition) is 3. The van der Waals surface area contributed by atoms with Crippen molar-refractivity contribution in [2.75, 3.05) is 7.11 Å². The third-order valence-electron chi connectivity index (χ3n) is 3.97. The maximum absolute atomic E-state index is 12.4. The van der Waals surface area contributed by atoms with E-state index in [-0.39, 0.29) is 11.7 Å². The molecule has 3 nitrogen and oxygen atoms in total. The van der Waals surface area contributed by atoms with E-state index in [0.717, 1.165) is 35.5 Å². The highest BCUT2D eigenvalue weighted by Gasteiger charge is 2.26. The fourth-order valence-corrected chi connectivity index (χ4v) is 2.82.